The molecule has 1 N–H and O–H groups in total. The van der Waals surface area contributed by atoms with Gasteiger partial charge < -0.3 is 5.32 Å². The molecule has 1 heterocycles. The summed E-state index contributed by atoms with van der Waals surface area (Å²) in [5, 5.41) is 3.27. The van der Waals surface area contributed by atoms with Crippen molar-refractivity contribution in [3.8, 4) is 0 Å². The van der Waals surface area contributed by atoms with Crippen LogP contribution in [0.2, 0.25) is 0 Å². The lowest BCUT2D eigenvalue weighted by Gasteiger charge is -2.19. The average Bonchev–Trinajstić information content (AvgIpc) is 2.47. The smallest absolute Gasteiger partial charge is 0.159 e. The maximum Gasteiger partial charge on any atom is 0.159 e. The van der Waals surface area contributed by atoms with Gasteiger partial charge in [0.1, 0.15) is 5.82 Å². The molecular formula is C16H17F3N2. The van der Waals surface area contributed by atoms with Gasteiger partial charge in [0.15, 0.2) is 11.6 Å². The second-order valence-corrected chi connectivity index (χ2v) is 4.90. The lowest BCUT2D eigenvalue weighted by atomic mass is 10.00. The molecule has 1 atom stereocenters. The van der Waals surface area contributed by atoms with E-state index in [0.29, 0.717) is 17.5 Å². The molecule has 21 heavy (non-hydrogen) atoms. The summed E-state index contributed by atoms with van der Waals surface area (Å²) in [5.74, 6) is -2.16. The summed E-state index contributed by atoms with van der Waals surface area (Å²) >= 11 is 0. The van der Waals surface area contributed by atoms with E-state index in [1.165, 1.54) is 18.2 Å². The molecule has 1 unspecified atom stereocenters. The van der Waals surface area contributed by atoms with Crippen LogP contribution in [0, 0.1) is 17.5 Å². The quantitative estimate of drug-likeness (QED) is 0.877. The lowest BCUT2D eigenvalue weighted by Crippen LogP contribution is -2.24. The van der Waals surface area contributed by atoms with Gasteiger partial charge in [0.25, 0.3) is 0 Å². The summed E-state index contributed by atoms with van der Waals surface area (Å²) in [6.45, 7) is 2.76. The summed E-state index contributed by atoms with van der Waals surface area (Å²) in [5.41, 5.74) is 1.33. The third-order valence-electron chi connectivity index (χ3n) is 3.19. The van der Waals surface area contributed by atoms with Gasteiger partial charge in [0.05, 0.1) is 6.20 Å². The van der Waals surface area contributed by atoms with Gasteiger partial charge in [-0.1, -0.05) is 13.0 Å². The fourth-order valence-electron chi connectivity index (χ4n) is 2.15. The van der Waals surface area contributed by atoms with Gasteiger partial charge in [-0.25, -0.2) is 13.2 Å². The summed E-state index contributed by atoms with van der Waals surface area (Å²) in [7, 11) is 0. The minimum Gasteiger partial charge on any atom is -0.310 e. The molecule has 0 saturated carbocycles. The molecule has 5 heteroatoms. The van der Waals surface area contributed by atoms with Crippen molar-refractivity contribution < 1.29 is 13.2 Å². The Morgan fingerprint density at radius 2 is 1.90 bits per heavy atom. The van der Waals surface area contributed by atoms with Crippen molar-refractivity contribution in [3.05, 3.63) is 65.2 Å². The first-order chi connectivity index (χ1) is 10.1. The molecule has 1 aromatic heterocycles. The first-order valence-corrected chi connectivity index (χ1v) is 6.88. The van der Waals surface area contributed by atoms with Crippen LogP contribution < -0.4 is 5.32 Å². The Labute approximate surface area is 122 Å². The van der Waals surface area contributed by atoms with Crippen molar-refractivity contribution >= 4 is 0 Å². The minimum absolute atomic E-state index is 0.196. The number of hydrogen-bond donors (Lipinski definition) is 1. The highest BCUT2D eigenvalue weighted by Crippen LogP contribution is 2.20. The van der Waals surface area contributed by atoms with Crippen molar-refractivity contribution in [2.45, 2.75) is 25.8 Å². The Bertz CT molecular complexity index is 602. The third kappa shape index (κ3) is 4.29. The van der Waals surface area contributed by atoms with Gasteiger partial charge in [-0.2, -0.15) is 0 Å². The minimum atomic E-state index is -0.876. The van der Waals surface area contributed by atoms with Crippen molar-refractivity contribution in [2.24, 2.45) is 0 Å². The SMILES string of the molecule is CCCNC(Cc1ccc(F)c(F)c1)c1cncc(F)c1. The van der Waals surface area contributed by atoms with Crippen LogP contribution in [0.5, 0.6) is 0 Å². The topological polar surface area (TPSA) is 24.9 Å². The Morgan fingerprint density at radius 3 is 2.57 bits per heavy atom. The number of benzene rings is 1. The van der Waals surface area contributed by atoms with E-state index in [2.05, 4.69) is 10.3 Å². The van der Waals surface area contributed by atoms with Crippen LogP contribution in [-0.2, 0) is 6.42 Å². The molecular weight excluding hydrogens is 277 g/mol. The molecule has 2 aromatic rings. The molecule has 0 radical (unpaired) electrons. The van der Waals surface area contributed by atoms with Crippen LogP contribution in [-0.4, -0.2) is 11.5 Å². The highest BCUT2D eigenvalue weighted by Gasteiger charge is 2.14. The van der Waals surface area contributed by atoms with E-state index >= 15 is 0 Å². The van der Waals surface area contributed by atoms with Gasteiger partial charge in [-0.05, 0) is 48.7 Å². The second kappa shape index (κ2) is 7.22. The van der Waals surface area contributed by atoms with Crippen molar-refractivity contribution in [1.82, 2.24) is 10.3 Å². The van der Waals surface area contributed by atoms with E-state index in [1.54, 1.807) is 6.20 Å². The van der Waals surface area contributed by atoms with Crippen LogP contribution in [0.25, 0.3) is 0 Å². The molecule has 1 aromatic carbocycles. The fourth-order valence-corrected chi connectivity index (χ4v) is 2.15. The molecule has 0 saturated heterocycles. The predicted octanol–water partition coefficient (Wildman–Crippen LogP) is 3.78. The predicted molar refractivity (Wildman–Crippen MR) is 75.3 cm³/mol. The fraction of sp³-hybridized carbons (Fsp3) is 0.312. The first-order valence-electron chi connectivity index (χ1n) is 6.88. The second-order valence-electron chi connectivity index (χ2n) is 4.90. The van der Waals surface area contributed by atoms with Crippen molar-refractivity contribution in [3.63, 3.8) is 0 Å². The van der Waals surface area contributed by atoms with Crippen LogP contribution in [0.15, 0.2) is 36.7 Å². The number of hydrogen-bond acceptors (Lipinski definition) is 2. The van der Waals surface area contributed by atoms with Crippen molar-refractivity contribution in [2.75, 3.05) is 6.54 Å². The Kier molecular flexibility index (Phi) is 5.33. The number of halogens is 3. The molecule has 0 aliphatic rings. The summed E-state index contributed by atoms with van der Waals surface area (Å²) in [6, 6.07) is 5.01. The Hall–Kier alpha value is -1.88. The molecule has 0 aliphatic carbocycles. The molecule has 0 aliphatic heterocycles. The van der Waals surface area contributed by atoms with Crippen LogP contribution >= 0.6 is 0 Å². The molecule has 0 spiro atoms. The largest absolute Gasteiger partial charge is 0.310 e. The average molecular weight is 294 g/mol. The molecule has 2 nitrogen and oxygen atoms in total. The van der Waals surface area contributed by atoms with Crippen LogP contribution in [0.3, 0.4) is 0 Å². The molecule has 0 bridgehead atoms. The lowest BCUT2D eigenvalue weighted by molar-refractivity contribution is 0.498. The van der Waals surface area contributed by atoms with E-state index in [0.717, 1.165) is 25.2 Å². The molecule has 0 amide bonds. The number of rotatable bonds is 6. The normalized spacial score (nSPS) is 12.4. The van der Waals surface area contributed by atoms with Gasteiger partial charge in [0, 0.05) is 12.2 Å². The van der Waals surface area contributed by atoms with E-state index < -0.39 is 17.5 Å². The monoisotopic (exact) mass is 294 g/mol. The number of nitrogens with zero attached hydrogens (tertiary/aromatic N) is 1. The van der Waals surface area contributed by atoms with Crippen molar-refractivity contribution in [1.29, 1.82) is 0 Å². The summed E-state index contributed by atoms with van der Waals surface area (Å²) in [4.78, 5) is 3.84. The Morgan fingerprint density at radius 1 is 1.10 bits per heavy atom. The molecule has 2 rings (SSSR count). The number of nitrogens with one attached hydrogen (secondary N) is 1. The zero-order valence-electron chi connectivity index (χ0n) is 11.7. The van der Waals surface area contributed by atoms with E-state index in [4.69, 9.17) is 0 Å². The zero-order valence-corrected chi connectivity index (χ0v) is 11.7. The summed E-state index contributed by atoms with van der Waals surface area (Å²) < 4.78 is 39.6. The van der Waals surface area contributed by atoms with E-state index in [9.17, 15) is 13.2 Å². The highest BCUT2D eigenvalue weighted by molar-refractivity contribution is 5.23. The van der Waals surface area contributed by atoms with Gasteiger partial charge in [0.2, 0.25) is 0 Å². The number of aromatic nitrogens is 1. The van der Waals surface area contributed by atoms with Crippen LogP contribution in [0.4, 0.5) is 13.2 Å². The first kappa shape index (κ1) is 15.5. The van der Waals surface area contributed by atoms with Gasteiger partial charge in [-0.15, -0.1) is 0 Å². The maximum atomic E-state index is 13.3. The van der Waals surface area contributed by atoms with Crippen LogP contribution in [0.1, 0.15) is 30.5 Å². The number of pyridine rings is 1. The molecule has 112 valence electrons. The van der Waals surface area contributed by atoms with Gasteiger partial charge >= 0.3 is 0 Å². The Balaban J connectivity index is 2.21. The highest BCUT2D eigenvalue weighted by atomic mass is 19.2. The maximum absolute atomic E-state index is 13.3. The van der Waals surface area contributed by atoms with E-state index in [1.807, 2.05) is 6.92 Å². The summed E-state index contributed by atoms with van der Waals surface area (Å²) in [6.07, 6.45) is 4.06. The van der Waals surface area contributed by atoms with Gasteiger partial charge in [-0.3, -0.25) is 4.98 Å². The van der Waals surface area contributed by atoms with E-state index in [-0.39, 0.29) is 6.04 Å². The zero-order chi connectivity index (χ0) is 15.2. The standard InChI is InChI=1S/C16H17F3N2/c1-2-5-21-16(12-8-13(17)10-20-9-12)7-11-3-4-14(18)15(19)6-11/h3-4,6,8-10,16,21H,2,5,7H2,1H3. The third-order valence-corrected chi connectivity index (χ3v) is 3.19. The molecule has 0 fully saturated rings.